The molecule has 1 unspecified atom stereocenters. The lowest BCUT2D eigenvalue weighted by atomic mass is 10.0. The minimum absolute atomic E-state index is 0.0539. The summed E-state index contributed by atoms with van der Waals surface area (Å²) in [6.07, 6.45) is -1.76. The zero-order valence-corrected chi connectivity index (χ0v) is 12.5. The molecule has 1 saturated heterocycles. The summed E-state index contributed by atoms with van der Waals surface area (Å²) in [5, 5.41) is 3.83. The molecule has 1 aliphatic heterocycles. The van der Waals surface area contributed by atoms with E-state index in [1.807, 2.05) is 0 Å². The van der Waals surface area contributed by atoms with E-state index in [0.29, 0.717) is 0 Å². The van der Waals surface area contributed by atoms with Gasteiger partial charge in [0.05, 0.1) is 29.8 Å². The number of nitrogens with zero attached hydrogens (tertiary/aromatic N) is 2. The van der Waals surface area contributed by atoms with Crippen molar-refractivity contribution in [3.05, 3.63) is 17.5 Å². The average Bonchev–Trinajstić information content (AvgIpc) is 2.92. The highest BCUT2D eigenvalue weighted by Gasteiger charge is 2.43. The third-order valence-electron chi connectivity index (χ3n) is 3.50. The topological polar surface area (TPSA) is 78.3 Å². The van der Waals surface area contributed by atoms with Crippen LogP contribution < -0.4 is 0 Å². The molecule has 0 bridgehead atoms. The van der Waals surface area contributed by atoms with Gasteiger partial charge in [0.1, 0.15) is 11.3 Å². The lowest BCUT2D eigenvalue weighted by Crippen LogP contribution is -2.34. The molecule has 9 heteroatoms. The standard InChI is InChI=1S/C12H16F2N2O4S/c1-3-20-11(17)8-6-15-16(9(8)10(13)14)12(2)4-5-21(18,19)7-12/h6,10H,3-5,7H2,1-2H3. The van der Waals surface area contributed by atoms with Gasteiger partial charge < -0.3 is 4.74 Å². The van der Waals surface area contributed by atoms with Gasteiger partial charge in [-0.3, -0.25) is 4.68 Å². The SMILES string of the molecule is CCOC(=O)c1cnn(C2(C)CCS(=O)(=O)C2)c1C(F)F. The third kappa shape index (κ3) is 2.92. The summed E-state index contributed by atoms with van der Waals surface area (Å²) in [4.78, 5) is 11.7. The van der Waals surface area contributed by atoms with E-state index in [9.17, 15) is 22.0 Å². The van der Waals surface area contributed by atoms with Gasteiger partial charge in [0.2, 0.25) is 0 Å². The van der Waals surface area contributed by atoms with Crippen LogP contribution in [0.15, 0.2) is 6.20 Å². The Morgan fingerprint density at radius 3 is 2.71 bits per heavy atom. The zero-order valence-electron chi connectivity index (χ0n) is 11.7. The van der Waals surface area contributed by atoms with Crippen molar-refractivity contribution >= 4 is 15.8 Å². The Hall–Kier alpha value is -1.51. The molecular formula is C12H16F2N2O4S. The van der Waals surface area contributed by atoms with Gasteiger partial charge in [-0.15, -0.1) is 0 Å². The largest absolute Gasteiger partial charge is 0.462 e. The van der Waals surface area contributed by atoms with Gasteiger partial charge in [0, 0.05) is 0 Å². The Morgan fingerprint density at radius 1 is 1.57 bits per heavy atom. The van der Waals surface area contributed by atoms with Gasteiger partial charge >= 0.3 is 5.97 Å². The molecule has 2 heterocycles. The Labute approximate surface area is 121 Å². The second-order valence-corrected chi connectivity index (χ2v) is 7.40. The smallest absolute Gasteiger partial charge is 0.341 e. The summed E-state index contributed by atoms with van der Waals surface area (Å²) < 4.78 is 55.6. The van der Waals surface area contributed by atoms with E-state index in [2.05, 4.69) is 5.10 Å². The lowest BCUT2D eigenvalue weighted by Gasteiger charge is -2.25. The molecule has 0 aromatic carbocycles. The molecule has 1 fully saturated rings. The van der Waals surface area contributed by atoms with Crippen LogP contribution in [0.1, 0.15) is 42.7 Å². The van der Waals surface area contributed by atoms with Crippen LogP contribution in [0.5, 0.6) is 0 Å². The number of carbonyl (C=O) groups excluding carboxylic acids is 1. The van der Waals surface area contributed by atoms with Crippen LogP contribution in [0.4, 0.5) is 8.78 Å². The highest BCUT2D eigenvalue weighted by atomic mass is 32.2. The summed E-state index contributed by atoms with van der Waals surface area (Å²) >= 11 is 0. The quantitative estimate of drug-likeness (QED) is 0.786. The molecule has 0 N–H and O–H groups in total. The predicted molar refractivity (Wildman–Crippen MR) is 70.1 cm³/mol. The molecule has 6 nitrogen and oxygen atoms in total. The van der Waals surface area contributed by atoms with Gasteiger partial charge in [-0.1, -0.05) is 0 Å². The first-order chi connectivity index (χ1) is 9.70. The van der Waals surface area contributed by atoms with Crippen molar-refractivity contribution in [1.29, 1.82) is 0 Å². The van der Waals surface area contributed by atoms with Gasteiger partial charge in [-0.25, -0.2) is 22.0 Å². The molecule has 1 aromatic rings. The van der Waals surface area contributed by atoms with Crippen LogP contribution in [0.25, 0.3) is 0 Å². The van der Waals surface area contributed by atoms with Crippen LogP contribution in [0, 0.1) is 0 Å². The molecule has 21 heavy (non-hydrogen) atoms. The van der Waals surface area contributed by atoms with Crippen LogP contribution in [0.3, 0.4) is 0 Å². The van der Waals surface area contributed by atoms with E-state index in [1.165, 1.54) is 0 Å². The van der Waals surface area contributed by atoms with Crippen LogP contribution in [-0.2, 0) is 20.1 Å². The zero-order chi connectivity index (χ0) is 15.8. The third-order valence-corrected chi connectivity index (χ3v) is 5.39. The number of carbonyl (C=O) groups is 1. The van der Waals surface area contributed by atoms with Crippen LogP contribution in [-0.4, -0.2) is 42.3 Å². The van der Waals surface area contributed by atoms with E-state index in [4.69, 9.17) is 4.74 Å². The predicted octanol–water partition coefficient (Wildman–Crippen LogP) is 1.53. The summed E-state index contributed by atoms with van der Waals surface area (Å²) in [5.41, 5.74) is -1.99. The molecule has 1 aromatic heterocycles. The Morgan fingerprint density at radius 2 is 2.24 bits per heavy atom. The Balaban J connectivity index is 2.48. The molecule has 0 radical (unpaired) electrons. The van der Waals surface area contributed by atoms with E-state index in [1.54, 1.807) is 13.8 Å². The fraction of sp³-hybridized carbons (Fsp3) is 0.667. The fourth-order valence-corrected chi connectivity index (χ4v) is 4.63. The number of rotatable bonds is 4. The van der Waals surface area contributed by atoms with E-state index < -0.39 is 33.5 Å². The molecular weight excluding hydrogens is 306 g/mol. The van der Waals surface area contributed by atoms with Crippen molar-refractivity contribution in [2.75, 3.05) is 18.1 Å². The molecule has 0 spiro atoms. The van der Waals surface area contributed by atoms with Crippen molar-refractivity contribution in [3.8, 4) is 0 Å². The highest BCUT2D eigenvalue weighted by molar-refractivity contribution is 7.91. The Kier molecular flexibility index (Phi) is 4.05. The van der Waals surface area contributed by atoms with Crippen molar-refractivity contribution in [3.63, 3.8) is 0 Å². The number of hydrogen-bond acceptors (Lipinski definition) is 5. The molecule has 0 saturated carbocycles. The average molecular weight is 322 g/mol. The number of hydrogen-bond donors (Lipinski definition) is 0. The first-order valence-electron chi connectivity index (χ1n) is 6.44. The van der Waals surface area contributed by atoms with Crippen LogP contribution >= 0.6 is 0 Å². The summed E-state index contributed by atoms with van der Waals surface area (Å²) in [6.45, 7) is 3.17. The van der Waals surface area contributed by atoms with Crippen molar-refractivity contribution < 1.29 is 26.7 Å². The fourth-order valence-electron chi connectivity index (χ4n) is 2.52. The molecule has 118 valence electrons. The number of halogens is 2. The van der Waals surface area contributed by atoms with Gasteiger partial charge in [0.15, 0.2) is 9.84 Å². The first-order valence-corrected chi connectivity index (χ1v) is 8.26. The number of aromatic nitrogens is 2. The maximum Gasteiger partial charge on any atom is 0.341 e. The van der Waals surface area contributed by atoms with Crippen molar-refractivity contribution in [2.24, 2.45) is 0 Å². The first kappa shape index (κ1) is 15.9. The number of ether oxygens (including phenoxy) is 1. The molecule has 1 aliphatic rings. The second-order valence-electron chi connectivity index (χ2n) is 5.22. The molecule has 0 amide bonds. The maximum absolute atomic E-state index is 13.3. The molecule has 2 rings (SSSR count). The van der Waals surface area contributed by atoms with E-state index in [-0.39, 0.29) is 30.1 Å². The monoisotopic (exact) mass is 322 g/mol. The van der Waals surface area contributed by atoms with Gasteiger partial charge in [-0.05, 0) is 20.3 Å². The summed E-state index contributed by atoms with van der Waals surface area (Å²) in [6, 6.07) is 0. The number of sulfone groups is 1. The second kappa shape index (κ2) is 5.36. The highest BCUT2D eigenvalue weighted by Crippen LogP contribution is 2.35. The van der Waals surface area contributed by atoms with Crippen molar-refractivity contribution in [1.82, 2.24) is 9.78 Å². The summed E-state index contributed by atoms with van der Waals surface area (Å²) in [7, 11) is -3.29. The minimum Gasteiger partial charge on any atom is -0.462 e. The van der Waals surface area contributed by atoms with Gasteiger partial charge in [-0.2, -0.15) is 5.10 Å². The molecule has 0 aliphatic carbocycles. The Bertz CT molecular complexity index is 656. The number of alkyl halides is 2. The van der Waals surface area contributed by atoms with E-state index >= 15 is 0 Å². The summed E-state index contributed by atoms with van der Waals surface area (Å²) in [5.74, 6) is -1.24. The van der Waals surface area contributed by atoms with Crippen LogP contribution in [0.2, 0.25) is 0 Å². The minimum atomic E-state index is -3.29. The number of esters is 1. The van der Waals surface area contributed by atoms with Gasteiger partial charge in [0.25, 0.3) is 6.43 Å². The lowest BCUT2D eigenvalue weighted by molar-refractivity contribution is 0.0511. The maximum atomic E-state index is 13.3. The molecule has 1 atom stereocenters. The van der Waals surface area contributed by atoms with E-state index in [0.717, 1.165) is 10.9 Å². The van der Waals surface area contributed by atoms with Crippen molar-refractivity contribution in [2.45, 2.75) is 32.2 Å². The normalized spacial score (nSPS) is 24.4.